The highest BCUT2D eigenvalue weighted by molar-refractivity contribution is 7.22. The van der Waals surface area contributed by atoms with E-state index in [2.05, 4.69) is 10.3 Å². The van der Waals surface area contributed by atoms with Gasteiger partial charge in [0.25, 0.3) is 5.91 Å². The highest BCUT2D eigenvalue weighted by atomic mass is 32.1. The molecule has 0 unspecified atom stereocenters. The smallest absolute Gasteiger partial charge is 0.268 e. The summed E-state index contributed by atoms with van der Waals surface area (Å²) in [6, 6.07) is 29.0. The molecule has 6 nitrogen and oxygen atoms in total. The number of nitrogens with one attached hydrogen (secondary N) is 1. The predicted octanol–water partition coefficient (Wildman–Crippen LogP) is 5.69. The topological polar surface area (TPSA) is 83.6 Å². The van der Waals surface area contributed by atoms with Gasteiger partial charge in [0, 0.05) is 17.3 Å². The third-order valence-electron chi connectivity index (χ3n) is 4.99. The third kappa shape index (κ3) is 4.28. The van der Waals surface area contributed by atoms with E-state index in [1.54, 1.807) is 10.8 Å². The molecule has 5 rings (SSSR count). The maximum Gasteiger partial charge on any atom is 0.268 e. The monoisotopic (exact) mass is 447 g/mol. The van der Waals surface area contributed by atoms with Gasteiger partial charge in [-0.1, -0.05) is 72.0 Å². The standard InChI is InChI=1S/C26H17N5OS/c27-16-19(25(32)29-26-28-22-13-7-8-14-23(22)33-26)15-20-17-31(21-11-5-2-6-12-21)30-24(20)18-9-3-1-4-10-18/h1-15,17H,(H,28,29,32)/b19-15-. The Kier molecular flexibility index (Phi) is 5.50. The number of benzene rings is 3. The molecule has 158 valence electrons. The molecule has 0 fully saturated rings. The van der Waals surface area contributed by atoms with Gasteiger partial charge in [-0.15, -0.1) is 0 Å². The van der Waals surface area contributed by atoms with Gasteiger partial charge in [0.1, 0.15) is 11.6 Å². The maximum absolute atomic E-state index is 12.9. The van der Waals surface area contributed by atoms with Crippen molar-refractivity contribution in [2.45, 2.75) is 0 Å². The quantitative estimate of drug-likeness (QED) is 0.277. The lowest BCUT2D eigenvalue weighted by Crippen LogP contribution is -2.13. The number of nitriles is 1. The highest BCUT2D eigenvalue weighted by Gasteiger charge is 2.16. The summed E-state index contributed by atoms with van der Waals surface area (Å²) in [6.45, 7) is 0. The fraction of sp³-hybridized carbons (Fsp3) is 0. The first-order valence-electron chi connectivity index (χ1n) is 10.2. The molecule has 7 heteroatoms. The molecule has 3 aromatic carbocycles. The Hall–Kier alpha value is -4.54. The molecule has 1 N–H and O–H groups in total. The number of amides is 1. The number of hydrogen-bond acceptors (Lipinski definition) is 5. The SMILES string of the molecule is N#C/C(=C/c1cn(-c2ccccc2)nc1-c1ccccc1)C(=O)Nc1nc2ccccc2s1. The molecule has 0 saturated carbocycles. The van der Waals surface area contributed by atoms with Gasteiger partial charge in [-0.25, -0.2) is 9.67 Å². The van der Waals surface area contributed by atoms with Gasteiger partial charge >= 0.3 is 0 Å². The molecule has 1 amide bonds. The number of anilines is 1. The number of para-hydroxylation sites is 2. The summed E-state index contributed by atoms with van der Waals surface area (Å²) in [7, 11) is 0. The van der Waals surface area contributed by atoms with Gasteiger partial charge in [0.15, 0.2) is 5.13 Å². The van der Waals surface area contributed by atoms with Crippen molar-refractivity contribution >= 4 is 38.7 Å². The number of aromatic nitrogens is 3. The van der Waals surface area contributed by atoms with E-state index in [-0.39, 0.29) is 5.57 Å². The zero-order chi connectivity index (χ0) is 22.6. The Balaban J connectivity index is 1.52. The highest BCUT2D eigenvalue weighted by Crippen LogP contribution is 2.28. The summed E-state index contributed by atoms with van der Waals surface area (Å²) in [5.74, 6) is -0.511. The fourth-order valence-electron chi connectivity index (χ4n) is 3.42. The lowest BCUT2D eigenvalue weighted by molar-refractivity contribution is -0.112. The molecule has 0 aliphatic rings. The number of fused-ring (bicyclic) bond motifs is 1. The van der Waals surface area contributed by atoms with E-state index in [0.717, 1.165) is 21.5 Å². The van der Waals surface area contributed by atoms with Gasteiger partial charge in [-0.05, 0) is 30.3 Å². The molecule has 0 bridgehead atoms. The Morgan fingerprint density at radius 3 is 2.39 bits per heavy atom. The van der Waals surface area contributed by atoms with Crippen molar-refractivity contribution in [3.05, 3.63) is 102 Å². The van der Waals surface area contributed by atoms with Crippen LogP contribution in [0.5, 0.6) is 0 Å². The number of nitrogens with zero attached hydrogens (tertiary/aromatic N) is 4. The summed E-state index contributed by atoms with van der Waals surface area (Å²) in [4.78, 5) is 17.3. The number of carbonyl (C=O) groups is 1. The van der Waals surface area contributed by atoms with Gasteiger partial charge in [-0.3, -0.25) is 10.1 Å². The molecule has 0 atom stereocenters. The van der Waals surface area contributed by atoms with Crippen LogP contribution in [0.3, 0.4) is 0 Å². The second-order valence-corrected chi connectivity index (χ2v) is 8.22. The summed E-state index contributed by atoms with van der Waals surface area (Å²) >= 11 is 1.37. The van der Waals surface area contributed by atoms with Crippen molar-refractivity contribution in [1.29, 1.82) is 5.26 Å². The Labute approximate surface area is 194 Å². The van der Waals surface area contributed by atoms with Crippen molar-refractivity contribution in [1.82, 2.24) is 14.8 Å². The average molecular weight is 448 g/mol. The zero-order valence-electron chi connectivity index (χ0n) is 17.3. The van der Waals surface area contributed by atoms with Crippen LogP contribution >= 0.6 is 11.3 Å². The minimum Gasteiger partial charge on any atom is -0.297 e. The van der Waals surface area contributed by atoms with Crippen molar-refractivity contribution < 1.29 is 4.79 Å². The Morgan fingerprint density at radius 2 is 1.67 bits per heavy atom. The van der Waals surface area contributed by atoms with Crippen molar-refractivity contribution in [3.8, 4) is 23.0 Å². The zero-order valence-corrected chi connectivity index (χ0v) is 18.2. The number of hydrogen-bond donors (Lipinski definition) is 1. The first kappa shape index (κ1) is 20.4. The van der Waals surface area contributed by atoms with E-state index in [1.165, 1.54) is 11.3 Å². The minimum absolute atomic E-state index is 0.0287. The maximum atomic E-state index is 12.9. The van der Waals surface area contributed by atoms with Gasteiger partial charge < -0.3 is 0 Å². The molecule has 33 heavy (non-hydrogen) atoms. The van der Waals surface area contributed by atoms with E-state index in [1.807, 2.05) is 97.2 Å². The second-order valence-electron chi connectivity index (χ2n) is 7.19. The van der Waals surface area contributed by atoms with Crippen LogP contribution in [-0.4, -0.2) is 20.7 Å². The number of rotatable bonds is 5. The summed E-state index contributed by atoms with van der Waals surface area (Å²) in [5, 5.41) is 17.7. The first-order chi connectivity index (χ1) is 16.2. The van der Waals surface area contributed by atoms with Crippen LogP contribution in [0.25, 0.3) is 33.2 Å². The van der Waals surface area contributed by atoms with E-state index >= 15 is 0 Å². The molecule has 2 aromatic heterocycles. The number of carbonyl (C=O) groups excluding carboxylic acids is 1. The summed E-state index contributed by atoms with van der Waals surface area (Å²) in [5.41, 5.74) is 3.89. The van der Waals surface area contributed by atoms with Crippen LogP contribution in [0.1, 0.15) is 5.56 Å². The lowest BCUT2D eigenvalue weighted by Gasteiger charge is -2.01. The summed E-state index contributed by atoms with van der Waals surface area (Å²) < 4.78 is 2.71. The normalized spacial score (nSPS) is 11.3. The van der Waals surface area contributed by atoms with Gasteiger partial charge in [-0.2, -0.15) is 10.4 Å². The average Bonchev–Trinajstić information content (AvgIpc) is 3.47. The van der Waals surface area contributed by atoms with Gasteiger partial charge in [0.2, 0.25) is 0 Å². The molecular weight excluding hydrogens is 430 g/mol. The Morgan fingerprint density at radius 1 is 0.970 bits per heavy atom. The van der Waals surface area contributed by atoms with Crippen LogP contribution in [0.2, 0.25) is 0 Å². The number of thiazole rings is 1. The first-order valence-corrected chi connectivity index (χ1v) is 11.0. The van der Waals surface area contributed by atoms with Crippen LogP contribution in [-0.2, 0) is 4.79 Å². The third-order valence-corrected chi connectivity index (χ3v) is 5.94. The van der Waals surface area contributed by atoms with Crippen molar-refractivity contribution in [3.63, 3.8) is 0 Å². The molecular formula is C26H17N5OS. The van der Waals surface area contributed by atoms with E-state index in [4.69, 9.17) is 5.10 Å². The van der Waals surface area contributed by atoms with Crippen molar-refractivity contribution in [2.24, 2.45) is 0 Å². The molecule has 5 aromatic rings. The van der Waals surface area contributed by atoms with Crippen LogP contribution in [0.4, 0.5) is 5.13 Å². The molecule has 0 spiro atoms. The molecule has 0 saturated heterocycles. The predicted molar refractivity (Wildman–Crippen MR) is 131 cm³/mol. The molecule has 0 radical (unpaired) electrons. The van der Waals surface area contributed by atoms with Crippen molar-refractivity contribution in [2.75, 3.05) is 5.32 Å². The van der Waals surface area contributed by atoms with E-state index in [9.17, 15) is 10.1 Å². The van der Waals surface area contributed by atoms with Crippen LogP contribution in [0, 0.1) is 11.3 Å². The molecule has 0 aliphatic heterocycles. The molecule has 0 aliphatic carbocycles. The Bertz CT molecular complexity index is 1480. The lowest BCUT2D eigenvalue weighted by atomic mass is 10.1. The fourth-order valence-corrected chi connectivity index (χ4v) is 4.28. The largest absolute Gasteiger partial charge is 0.297 e. The van der Waals surface area contributed by atoms with Crippen LogP contribution < -0.4 is 5.32 Å². The minimum atomic E-state index is -0.511. The van der Waals surface area contributed by atoms with E-state index < -0.39 is 5.91 Å². The molecule has 2 heterocycles. The summed E-state index contributed by atoms with van der Waals surface area (Å²) in [6.07, 6.45) is 3.39. The second kappa shape index (κ2) is 8.91. The van der Waals surface area contributed by atoms with Gasteiger partial charge in [0.05, 0.1) is 21.6 Å². The van der Waals surface area contributed by atoms with Crippen LogP contribution in [0.15, 0.2) is 96.7 Å². The van der Waals surface area contributed by atoms with E-state index in [0.29, 0.717) is 16.4 Å².